The summed E-state index contributed by atoms with van der Waals surface area (Å²) >= 11 is 0.630. The molecule has 200 valence electrons. The van der Waals surface area contributed by atoms with Crippen molar-refractivity contribution in [1.82, 2.24) is 9.88 Å². The predicted octanol–water partition coefficient (Wildman–Crippen LogP) is 6.11. The monoisotopic (exact) mass is 541 g/mol. The Morgan fingerprint density at radius 3 is 2.25 bits per heavy atom. The number of nitrogens with zero attached hydrogens (tertiary/aromatic N) is 2. The lowest BCUT2D eigenvalue weighted by Crippen LogP contribution is -2.70. The molecule has 13 heteroatoms. The van der Waals surface area contributed by atoms with Gasteiger partial charge in [-0.1, -0.05) is 6.07 Å². The summed E-state index contributed by atoms with van der Waals surface area (Å²) in [5.41, 5.74) is -2.45. The number of carbonyl (C=O) groups excluding carboxylic acids is 1. The summed E-state index contributed by atoms with van der Waals surface area (Å²) in [4.78, 5) is 17.5. The highest BCUT2D eigenvalue weighted by Crippen LogP contribution is 2.61. The Morgan fingerprint density at radius 2 is 1.78 bits per heavy atom. The van der Waals surface area contributed by atoms with Crippen molar-refractivity contribution in [2.24, 2.45) is 11.1 Å². The number of hydrogen-bond acceptors (Lipinski definition) is 5. The molecule has 0 unspecified atom stereocenters. The van der Waals surface area contributed by atoms with Crippen molar-refractivity contribution < 1.29 is 40.3 Å². The molecule has 1 fully saturated rings. The zero-order chi connectivity index (χ0) is 27.2. The van der Waals surface area contributed by atoms with Crippen LogP contribution in [-0.2, 0) is 16.7 Å². The van der Waals surface area contributed by atoms with E-state index in [1.807, 2.05) is 0 Å². The van der Waals surface area contributed by atoms with Crippen LogP contribution in [0.25, 0.3) is 0 Å². The molecule has 1 aliphatic rings. The SMILES string of the molecule is Cc1ccc(C(C)(C)N2CC[C@@](CCc3ccc(F)s3)(C(OC(N)=O)(C(F)(F)F)C(F)(F)F)C2)cn1. The Morgan fingerprint density at radius 1 is 1.14 bits per heavy atom. The first-order valence-electron chi connectivity index (χ1n) is 11.0. The Balaban J connectivity index is 2.14. The zero-order valence-electron chi connectivity index (χ0n) is 19.8. The predicted molar refractivity (Wildman–Crippen MR) is 119 cm³/mol. The third-order valence-electron chi connectivity index (χ3n) is 7.04. The Kier molecular flexibility index (Phi) is 7.41. The van der Waals surface area contributed by atoms with Gasteiger partial charge in [-0.3, -0.25) is 9.88 Å². The number of amides is 1. The molecule has 2 aromatic heterocycles. The van der Waals surface area contributed by atoms with Crippen LogP contribution in [0, 0.1) is 17.5 Å². The summed E-state index contributed by atoms with van der Waals surface area (Å²) in [5, 5.41) is -0.619. The van der Waals surface area contributed by atoms with E-state index in [9.17, 15) is 35.5 Å². The summed E-state index contributed by atoms with van der Waals surface area (Å²) in [6.07, 6.45) is -14.3. The van der Waals surface area contributed by atoms with Gasteiger partial charge in [0.15, 0.2) is 5.13 Å². The van der Waals surface area contributed by atoms with Crippen molar-refractivity contribution >= 4 is 17.4 Å². The first-order valence-corrected chi connectivity index (χ1v) is 11.8. The fourth-order valence-corrected chi connectivity index (χ4v) is 5.74. The third kappa shape index (κ3) is 4.91. The highest BCUT2D eigenvalue weighted by atomic mass is 32.1. The smallest absolute Gasteiger partial charge is 0.423 e. The normalized spacial score (nSPS) is 20.1. The van der Waals surface area contributed by atoms with E-state index in [1.165, 1.54) is 17.2 Å². The molecular weight excluding hydrogens is 515 g/mol. The lowest BCUT2D eigenvalue weighted by Gasteiger charge is -2.49. The number of carbonyl (C=O) groups is 1. The molecule has 1 atom stereocenters. The second-order valence-corrected chi connectivity index (χ2v) is 10.6. The maximum absolute atomic E-state index is 14.5. The van der Waals surface area contributed by atoms with E-state index in [0.717, 1.165) is 6.07 Å². The van der Waals surface area contributed by atoms with E-state index in [2.05, 4.69) is 9.72 Å². The van der Waals surface area contributed by atoms with E-state index >= 15 is 0 Å². The second-order valence-electron chi connectivity index (χ2n) is 9.50. The lowest BCUT2D eigenvalue weighted by molar-refractivity contribution is -0.399. The minimum Gasteiger partial charge on any atom is -0.423 e. The molecule has 5 nitrogen and oxygen atoms in total. The molecule has 1 amide bonds. The fourth-order valence-electron chi connectivity index (χ4n) is 5.01. The second kappa shape index (κ2) is 9.47. The minimum absolute atomic E-state index is 0.157. The molecular formula is C23H26F7N3O2S. The number of aryl methyl sites for hydroxylation is 2. The number of pyridine rings is 1. The van der Waals surface area contributed by atoms with Crippen molar-refractivity contribution in [3.63, 3.8) is 0 Å². The highest BCUT2D eigenvalue weighted by molar-refractivity contribution is 7.10. The number of rotatable bonds is 7. The van der Waals surface area contributed by atoms with Crippen LogP contribution >= 0.6 is 11.3 Å². The van der Waals surface area contributed by atoms with Gasteiger partial charge >= 0.3 is 24.0 Å². The molecule has 3 rings (SSSR count). The third-order valence-corrected chi connectivity index (χ3v) is 7.97. The molecule has 2 N–H and O–H groups in total. The largest absolute Gasteiger partial charge is 0.438 e. The van der Waals surface area contributed by atoms with Gasteiger partial charge in [-0.2, -0.15) is 30.7 Å². The number of halogens is 7. The summed E-state index contributed by atoms with van der Waals surface area (Å²) in [6, 6.07) is 5.79. The van der Waals surface area contributed by atoms with Crippen LogP contribution in [0.1, 0.15) is 42.8 Å². The quantitative estimate of drug-likeness (QED) is 0.430. The number of alkyl halides is 6. The molecule has 0 aliphatic carbocycles. The van der Waals surface area contributed by atoms with Gasteiger partial charge in [-0.05, 0) is 70.3 Å². The average molecular weight is 542 g/mol. The van der Waals surface area contributed by atoms with E-state index in [-0.39, 0.29) is 17.8 Å². The van der Waals surface area contributed by atoms with Crippen molar-refractivity contribution in [3.8, 4) is 0 Å². The molecule has 2 aromatic rings. The zero-order valence-corrected chi connectivity index (χ0v) is 20.6. The van der Waals surface area contributed by atoms with Crippen LogP contribution in [0.5, 0.6) is 0 Å². The van der Waals surface area contributed by atoms with E-state index < -0.39 is 59.5 Å². The first kappa shape index (κ1) is 28.2. The Hall–Kier alpha value is -2.41. The molecule has 36 heavy (non-hydrogen) atoms. The first-order chi connectivity index (χ1) is 16.4. The molecule has 0 bridgehead atoms. The highest BCUT2D eigenvalue weighted by Gasteiger charge is 2.83. The van der Waals surface area contributed by atoms with Crippen LogP contribution < -0.4 is 5.73 Å². The van der Waals surface area contributed by atoms with Crippen LogP contribution in [0.4, 0.5) is 35.5 Å². The van der Waals surface area contributed by atoms with Gasteiger partial charge in [-0.15, -0.1) is 11.3 Å². The number of hydrogen-bond donors (Lipinski definition) is 1. The van der Waals surface area contributed by atoms with Crippen LogP contribution in [0.3, 0.4) is 0 Å². The minimum atomic E-state index is -6.04. The maximum atomic E-state index is 14.5. The van der Waals surface area contributed by atoms with Crippen LogP contribution in [0.15, 0.2) is 30.5 Å². The van der Waals surface area contributed by atoms with Gasteiger partial charge < -0.3 is 10.5 Å². The Bertz CT molecular complexity index is 1070. The summed E-state index contributed by atoms with van der Waals surface area (Å²) in [5.74, 6) is 0. The number of thiophene rings is 1. The maximum Gasteiger partial charge on any atom is 0.438 e. The van der Waals surface area contributed by atoms with Gasteiger partial charge in [0.05, 0.1) is 0 Å². The molecule has 0 saturated carbocycles. The van der Waals surface area contributed by atoms with E-state index in [1.54, 1.807) is 32.9 Å². The molecule has 0 aromatic carbocycles. The van der Waals surface area contributed by atoms with Crippen molar-refractivity contribution in [1.29, 1.82) is 0 Å². The molecule has 0 spiro atoms. The van der Waals surface area contributed by atoms with Crippen molar-refractivity contribution in [2.75, 3.05) is 13.1 Å². The van der Waals surface area contributed by atoms with Crippen LogP contribution in [0.2, 0.25) is 0 Å². The lowest BCUT2D eigenvalue weighted by atomic mass is 9.66. The summed E-state index contributed by atoms with van der Waals surface area (Å²) in [6.45, 7) is 4.21. The van der Waals surface area contributed by atoms with Gasteiger partial charge in [0.1, 0.15) is 0 Å². The number of primary amides is 1. The summed E-state index contributed by atoms with van der Waals surface area (Å²) in [7, 11) is 0. The van der Waals surface area contributed by atoms with Gasteiger partial charge in [0.2, 0.25) is 0 Å². The number of ether oxygens (including phenoxy) is 1. The van der Waals surface area contributed by atoms with Crippen molar-refractivity contribution in [2.45, 2.75) is 63.5 Å². The van der Waals surface area contributed by atoms with Crippen LogP contribution in [-0.4, -0.2) is 47.0 Å². The van der Waals surface area contributed by atoms with Gasteiger partial charge in [0.25, 0.3) is 0 Å². The summed E-state index contributed by atoms with van der Waals surface area (Å²) < 4.78 is 105. The topological polar surface area (TPSA) is 68.5 Å². The molecule has 0 radical (unpaired) electrons. The number of likely N-dealkylation sites (tertiary alicyclic amines) is 1. The van der Waals surface area contributed by atoms with E-state index in [0.29, 0.717) is 22.6 Å². The average Bonchev–Trinajstić information content (AvgIpc) is 3.36. The van der Waals surface area contributed by atoms with E-state index in [4.69, 9.17) is 5.73 Å². The fraction of sp³-hybridized carbons (Fsp3) is 0.565. The number of aromatic nitrogens is 1. The molecule has 1 aliphatic heterocycles. The molecule has 3 heterocycles. The van der Waals surface area contributed by atoms with Crippen molar-refractivity contribution in [3.05, 3.63) is 51.7 Å². The number of nitrogens with two attached hydrogens (primary N) is 1. The van der Waals surface area contributed by atoms with Gasteiger partial charge in [-0.25, -0.2) is 4.79 Å². The van der Waals surface area contributed by atoms with Gasteiger partial charge in [0, 0.05) is 34.3 Å². The molecule has 1 saturated heterocycles. The standard InChI is InChI=1S/C23H26F7N3O2S/c1-14-4-5-15(12-32-14)19(2,3)33-11-10-20(13-33,9-8-16-6-7-17(24)36-16)21(22(25,26)27,23(28,29)30)35-18(31)34/h4-7,12H,8-11,13H2,1-3H3,(H2,31,34)/t20-/m1/s1. The Labute approximate surface area is 207 Å².